The van der Waals surface area contributed by atoms with Crippen LogP contribution in [0.4, 0.5) is 13.2 Å². The average molecular weight is 284 g/mol. The van der Waals surface area contributed by atoms with Gasteiger partial charge >= 0.3 is 6.18 Å². The molecule has 2 atom stereocenters. The minimum absolute atomic E-state index is 0.331. The van der Waals surface area contributed by atoms with Crippen molar-refractivity contribution in [2.45, 2.75) is 26.1 Å². The maximum Gasteiger partial charge on any atom is 0.400 e. The van der Waals surface area contributed by atoms with Crippen molar-refractivity contribution < 1.29 is 23.2 Å². The smallest absolute Gasteiger partial charge is 0.400 e. The molecular weight excluding hydrogens is 265 g/mol. The summed E-state index contributed by atoms with van der Waals surface area (Å²) >= 11 is 0. The highest BCUT2D eigenvalue weighted by atomic mass is 19.4. The molecule has 0 aliphatic rings. The third-order valence-electron chi connectivity index (χ3n) is 2.72. The number of likely N-dealkylation sites (N-methyl/N-ethyl adjacent to an activating group) is 1. The van der Waals surface area contributed by atoms with E-state index in [1.165, 1.54) is 11.8 Å². The maximum absolute atomic E-state index is 12.6. The first-order chi connectivity index (χ1) is 8.65. The van der Waals surface area contributed by atoms with Gasteiger partial charge in [0.1, 0.15) is 5.92 Å². The summed E-state index contributed by atoms with van der Waals surface area (Å²) in [5.74, 6) is -3.41. The number of carbonyl (C=O) groups excluding carboxylic acids is 1. The Hall–Kier alpha value is -1.51. The van der Waals surface area contributed by atoms with Crippen LogP contribution in [0.3, 0.4) is 0 Å². The van der Waals surface area contributed by atoms with Gasteiger partial charge in [0.15, 0.2) is 5.84 Å². The number of nitrogens with one attached hydrogen (secondary N) is 1. The van der Waals surface area contributed by atoms with Crippen LogP contribution < -0.4 is 11.1 Å². The molecule has 2 unspecified atom stereocenters. The predicted octanol–water partition coefficient (Wildman–Crippen LogP) is 0.368. The molecule has 4 N–H and O–H groups in total. The molecule has 0 fully saturated rings. The summed E-state index contributed by atoms with van der Waals surface area (Å²) in [6.07, 6.45) is -4.65. The predicted molar refractivity (Wildman–Crippen MR) is 63.7 cm³/mol. The first-order valence-electron chi connectivity index (χ1n) is 5.67. The minimum Gasteiger partial charge on any atom is -0.409 e. The number of hydrogen-bond acceptors (Lipinski definition) is 4. The van der Waals surface area contributed by atoms with Crippen LogP contribution in [0, 0.1) is 5.92 Å². The number of oxime groups is 1. The van der Waals surface area contributed by atoms with Crippen LogP contribution in [0.2, 0.25) is 0 Å². The van der Waals surface area contributed by atoms with Gasteiger partial charge in [-0.25, -0.2) is 0 Å². The van der Waals surface area contributed by atoms with Gasteiger partial charge in [0.05, 0.1) is 6.04 Å². The second kappa shape index (κ2) is 7.17. The SMILES string of the molecule is CCN(C)C(=O)C(C)NCC(C(N)=NO)C(F)(F)F. The molecule has 0 saturated heterocycles. The van der Waals surface area contributed by atoms with Crippen LogP contribution in [0.15, 0.2) is 5.16 Å². The standard InChI is InChI=1S/C10H19F3N4O2/c1-4-17(3)9(18)6(2)15-5-7(8(14)16-19)10(11,12)13/h6-7,15,19H,4-5H2,1-3H3,(H2,14,16). The number of alkyl halides is 3. The topological polar surface area (TPSA) is 91.0 Å². The van der Waals surface area contributed by atoms with Gasteiger partial charge < -0.3 is 21.2 Å². The number of hydrogen-bond donors (Lipinski definition) is 3. The molecule has 0 saturated carbocycles. The molecule has 0 rings (SSSR count). The molecule has 0 bridgehead atoms. The van der Waals surface area contributed by atoms with E-state index in [9.17, 15) is 18.0 Å². The molecule has 0 aliphatic carbocycles. The Kier molecular flexibility index (Phi) is 6.60. The molecule has 0 aliphatic heterocycles. The maximum atomic E-state index is 12.6. The highest BCUT2D eigenvalue weighted by molar-refractivity contribution is 5.84. The van der Waals surface area contributed by atoms with Crippen molar-refractivity contribution in [2.24, 2.45) is 16.8 Å². The summed E-state index contributed by atoms with van der Waals surface area (Å²) in [7, 11) is 1.55. The molecule has 0 radical (unpaired) electrons. The normalized spacial score (nSPS) is 16.0. The number of nitrogens with zero attached hydrogens (tertiary/aromatic N) is 2. The van der Waals surface area contributed by atoms with Gasteiger partial charge in [0.2, 0.25) is 5.91 Å². The van der Waals surface area contributed by atoms with Gasteiger partial charge in [-0.3, -0.25) is 4.79 Å². The molecule has 0 aromatic rings. The number of amides is 1. The Bertz CT molecular complexity index is 333. The van der Waals surface area contributed by atoms with Gasteiger partial charge in [0, 0.05) is 20.1 Å². The van der Waals surface area contributed by atoms with Crippen molar-refractivity contribution in [3.8, 4) is 0 Å². The second-order valence-corrected chi connectivity index (χ2v) is 4.10. The Balaban J connectivity index is 4.62. The molecule has 6 nitrogen and oxygen atoms in total. The van der Waals surface area contributed by atoms with E-state index >= 15 is 0 Å². The third-order valence-corrected chi connectivity index (χ3v) is 2.72. The summed E-state index contributed by atoms with van der Waals surface area (Å²) in [6, 6.07) is -0.790. The van der Waals surface area contributed by atoms with E-state index in [0.29, 0.717) is 6.54 Å². The van der Waals surface area contributed by atoms with Crippen molar-refractivity contribution in [3.05, 3.63) is 0 Å². The number of rotatable bonds is 6. The lowest BCUT2D eigenvalue weighted by Crippen LogP contribution is -2.49. The van der Waals surface area contributed by atoms with Gasteiger partial charge in [-0.1, -0.05) is 5.16 Å². The minimum atomic E-state index is -4.65. The van der Waals surface area contributed by atoms with Crippen LogP contribution in [0.5, 0.6) is 0 Å². The lowest BCUT2D eigenvalue weighted by atomic mass is 10.1. The van der Waals surface area contributed by atoms with Crippen LogP contribution in [0.25, 0.3) is 0 Å². The zero-order valence-corrected chi connectivity index (χ0v) is 11.0. The lowest BCUT2D eigenvalue weighted by Gasteiger charge is -2.24. The highest BCUT2D eigenvalue weighted by Crippen LogP contribution is 2.25. The van der Waals surface area contributed by atoms with E-state index in [-0.39, 0.29) is 5.91 Å². The van der Waals surface area contributed by atoms with Gasteiger partial charge in [-0.2, -0.15) is 13.2 Å². The fourth-order valence-corrected chi connectivity index (χ4v) is 1.33. The fourth-order valence-electron chi connectivity index (χ4n) is 1.33. The fraction of sp³-hybridized carbons (Fsp3) is 0.800. The van der Waals surface area contributed by atoms with Gasteiger partial charge in [0.25, 0.3) is 0 Å². The summed E-state index contributed by atoms with van der Waals surface area (Å²) in [5, 5.41) is 13.1. The van der Waals surface area contributed by atoms with E-state index in [0.717, 1.165) is 0 Å². The van der Waals surface area contributed by atoms with E-state index < -0.39 is 30.5 Å². The van der Waals surface area contributed by atoms with Crippen LogP contribution in [-0.2, 0) is 4.79 Å². The number of amidine groups is 1. The number of halogens is 3. The third kappa shape index (κ3) is 5.33. The quantitative estimate of drug-likeness (QED) is 0.284. The zero-order valence-electron chi connectivity index (χ0n) is 11.0. The molecule has 1 amide bonds. The molecule has 9 heteroatoms. The van der Waals surface area contributed by atoms with Crippen molar-refractivity contribution in [3.63, 3.8) is 0 Å². The van der Waals surface area contributed by atoms with Crippen molar-refractivity contribution in [1.29, 1.82) is 0 Å². The Labute approximate surface area is 109 Å². The number of carbonyl (C=O) groups is 1. The highest BCUT2D eigenvalue weighted by Gasteiger charge is 2.43. The van der Waals surface area contributed by atoms with Gasteiger partial charge in [-0.05, 0) is 13.8 Å². The van der Waals surface area contributed by atoms with Crippen LogP contribution >= 0.6 is 0 Å². The zero-order chi connectivity index (χ0) is 15.2. The Morgan fingerprint density at radius 3 is 2.42 bits per heavy atom. The van der Waals surface area contributed by atoms with E-state index in [2.05, 4.69) is 10.5 Å². The van der Waals surface area contributed by atoms with Crippen molar-refractivity contribution >= 4 is 11.7 Å². The Morgan fingerprint density at radius 2 is 2.05 bits per heavy atom. The largest absolute Gasteiger partial charge is 0.409 e. The molecule has 0 heterocycles. The molecule has 19 heavy (non-hydrogen) atoms. The van der Waals surface area contributed by atoms with E-state index in [4.69, 9.17) is 10.9 Å². The molecular formula is C10H19F3N4O2. The number of nitrogens with two attached hydrogens (primary N) is 1. The van der Waals surface area contributed by atoms with Crippen molar-refractivity contribution in [2.75, 3.05) is 20.1 Å². The lowest BCUT2D eigenvalue weighted by molar-refractivity contribution is -0.156. The van der Waals surface area contributed by atoms with Crippen LogP contribution in [-0.4, -0.2) is 54.2 Å². The monoisotopic (exact) mass is 284 g/mol. The van der Waals surface area contributed by atoms with Crippen LogP contribution in [0.1, 0.15) is 13.8 Å². The molecule has 112 valence electrons. The summed E-state index contributed by atoms with van der Waals surface area (Å²) in [4.78, 5) is 13.0. The summed E-state index contributed by atoms with van der Waals surface area (Å²) in [6.45, 7) is 3.02. The first-order valence-corrected chi connectivity index (χ1v) is 5.67. The molecule has 0 aromatic heterocycles. The first kappa shape index (κ1) is 17.5. The summed E-state index contributed by atoms with van der Waals surface area (Å²) < 4.78 is 37.9. The molecule has 0 aromatic carbocycles. The van der Waals surface area contributed by atoms with Gasteiger partial charge in [-0.15, -0.1) is 0 Å². The van der Waals surface area contributed by atoms with Crippen molar-refractivity contribution in [1.82, 2.24) is 10.2 Å². The van der Waals surface area contributed by atoms with E-state index in [1.807, 2.05) is 0 Å². The molecule has 0 spiro atoms. The average Bonchev–Trinajstić information content (AvgIpc) is 2.34. The summed E-state index contributed by atoms with van der Waals surface area (Å²) in [5.41, 5.74) is 5.00. The van der Waals surface area contributed by atoms with E-state index in [1.54, 1.807) is 14.0 Å². The second-order valence-electron chi connectivity index (χ2n) is 4.10. The Morgan fingerprint density at radius 1 is 1.53 bits per heavy atom.